The van der Waals surface area contributed by atoms with Crippen LogP contribution in [0.15, 0.2) is 48.5 Å². The molecule has 0 saturated carbocycles. The van der Waals surface area contributed by atoms with Crippen molar-refractivity contribution >= 4 is 34.8 Å². The van der Waals surface area contributed by atoms with Crippen molar-refractivity contribution in [2.24, 2.45) is 0 Å². The van der Waals surface area contributed by atoms with Gasteiger partial charge in [0.05, 0.1) is 10.7 Å². The Morgan fingerprint density at radius 2 is 1.67 bits per heavy atom. The minimum absolute atomic E-state index is 0.287. The van der Waals surface area contributed by atoms with E-state index in [-0.39, 0.29) is 5.91 Å². The largest absolute Gasteiger partial charge is 0.478 e. The Bertz CT molecular complexity index is 639. The maximum absolute atomic E-state index is 12.3. The van der Waals surface area contributed by atoms with E-state index in [0.717, 1.165) is 0 Å². The number of carbonyl (C=O) groups excluding carboxylic acids is 1. The van der Waals surface area contributed by atoms with Crippen molar-refractivity contribution < 1.29 is 9.53 Å². The molecule has 0 fully saturated rings. The molecule has 2 rings (SSSR count). The molecule has 0 aliphatic heterocycles. The zero-order valence-corrected chi connectivity index (χ0v) is 13.2. The molecule has 0 aliphatic rings. The minimum atomic E-state index is -1.05. The predicted molar refractivity (Wildman–Crippen MR) is 86.2 cm³/mol. The molecule has 2 aromatic carbocycles. The zero-order valence-electron chi connectivity index (χ0n) is 11.7. The van der Waals surface area contributed by atoms with E-state index in [4.69, 9.17) is 27.9 Å². The number of anilines is 1. The van der Waals surface area contributed by atoms with Crippen molar-refractivity contribution in [2.45, 2.75) is 19.4 Å². The van der Waals surface area contributed by atoms with Crippen molar-refractivity contribution in [3.8, 4) is 5.75 Å². The van der Waals surface area contributed by atoms with Gasteiger partial charge in [0, 0.05) is 5.02 Å². The average Bonchev–Trinajstić information content (AvgIpc) is 2.43. The average molecular weight is 324 g/mol. The lowest BCUT2D eigenvalue weighted by atomic mass is 10.1. The Hall–Kier alpha value is -1.71. The summed E-state index contributed by atoms with van der Waals surface area (Å²) in [5, 5.41) is 3.85. The molecule has 1 amide bonds. The first-order valence-corrected chi connectivity index (χ1v) is 7.14. The summed E-state index contributed by atoms with van der Waals surface area (Å²) in [6, 6.07) is 13.9. The second kappa shape index (κ2) is 6.37. The Kier molecular flexibility index (Phi) is 4.76. The number of amides is 1. The number of carbonyl (C=O) groups is 1. The third kappa shape index (κ3) is 4.13. The SMILES string of the molecule is CC(C)(Oc1ccc(Cl)cc1)C(=O)Nc1ccccc1Cl. The van der Waals surface area contributed by atoms with Crippen molar-refractivity contribution in [3.63, 3.8) is 0 Å². The number of rotatable bonds is 4. The summed E-state index contributed by atoms with van der Waals surface area (Å²) >= 11 is 11.8. The monoisotopic (exact) mass is 323 g/mol. The van der Waals surface area contributed by atoms with Crippen LogP contribution in [0.2, 0.25) is 10.0 Å². The molecule has 3 nitrogen and oxygen atoms in total. The smallest absolute Gasteiger partial charge is 0.268 e. The van der Waals surface area contributed by atoms with E-state index >= 15 is 0 Å². The maximum Gasteiger partial charge on any atom is 0.268 e. The molecule has 0 unspecified atom stereocenters. The predicted octanol–water partition coefficient (Wildman–Crippen LogP) is 4.79. The fourth-order valence-electron chi connectivity index (χ4n) is 1.68. The molecule has 5 heteroatoms. The van der Waals surface area contributed by atoms with Gasteiger partial charge < -0.3 is 10.1 Å². The number of benzene rings is 2. The molecular formula is C16H15Cl2NO2. The van der Waals surface area contributed by atoms with E-state index in [1.54, 1.807) is 62.4 Å². The number of hydrogen-bond donors (Lipinski definition) is 1. The van der Waals surface area contributed by atoms with Crippen molar-refractivity contribution in [1.82, 2.24) is 0 Å². The zero-order chi connectivity index (χ0) is 15.5. The van der Waals surface area contributed by atoms with Crippen LogP contribution in [0.3, 0.4) is 0 Å². The minimum Gasteiger partial charge on any atom is -0.478 e. The maximum atomic E-state index is 12.3. The standard InChI is InChI=1S/C16H15Cl2NO2/c1-16(2,21-12-9-7-11(17)8-10-12)15(20)19-14-6-4-3-5-13(14)18/h3-10H,1-2H3,(H,19,20). The van der Waals surface area contributed by atoms with Crippen LogP contribution in [-0.2, 0) is 4.79 Å². The number of halogens is 2. The molecule has 0 heterocycles. The summed E-state index contributed by atoms with van der Waals surface area (Å²) < 4.78 is 5.72. The normalized spacial score (nSPS) is 11.0. The van der Waals surface area contributed by atoms with E-state index in [2.05, 4.69) is 5.32 Å². The number of ether oxygens (including phenoxy) is 1. The van der Waals surface area contributed by atoms with Crippen LogP contribution in [0, 0.1) is 0 Å². The lowest BCUT2D eigenvalue weighted by Crippen LogP contribution is -2.42. The highest BCUT2D eigenvalue weighted by Gasteiger charge is 2.30. The summed E-state index contributed by atoms with van der Waals surface area (Å²) in [4.78, 5) is 12.3. The Labute approximate surface area is 133 Å². The van der Waals surface area contributed by atoms with Gasteiger partial charge in [-0.05, 0) is 50.2 Å². The van der Waals surface area contributed by atoms with E-state index in [1.165, 1.54) is 0 Å². The third-order valence-corrected chi connectivity index (χ3v) is 3.44. The van der Waals surface area contributed by atoms with Gasteiger partial charge in [-0.15, -0.1) is 0 Å². The highest BCUT2D eigenvalue weighted by atomic mass is 35.5. The Balaban J connectivity index is 2.10. The number of hydrogen-bond acceptors (Lipinski definition) is 2. The summed E-state index contributed by atoms with van der Waals surface area (Å²) in [6.45, 7) is 3.38. The Morgan fingerprint density at radius 1 is 1.05 bits per heavy atom. The van der Waals surface area contributed by atoms with Gasteiger partial charge in [0.15, 0.2) is 5.60 Å². The lowest BCUT2D eigenvalue weighted by molar-refractivity contribution is -0.128. The van der Waals surface area contributed by atoms with Gasteiger partial charge in [-0.2, -0.15) is 0 Å². The van der Waals surface area contributed by atoms with Crippen LogP contribution in [0.1, 0.15) is 13.8 Å². The van der Waals surface area contributed by atoms with Gasteiger partial charge in [-0.3, -0.25) is 4.79 Å². The van der Waals surface area contributed by atoms with Crippen LogP contribution < -0.4 is 10.1 Å². The van der Waals surface area contributed by atoms with Gasteiger partial charge in [-0.1, -0.05) is 35.3 Å². The molecular weight excluding hydrogens is 309 g/mol. The van der Waals surface area contributed by atoms with Crippen molar-refractivity contribution in [1.29, 1.82) is 0 Å². The third-order valence-electron chi connectivity index (χ3n) is 2.86. The number of para-hydroxylation sites is 1. The molecule has 0 atom stereocenters. The second-order valence-corrected chi connectivity index (χ2v) is 5.84. The molecule has 21 heavy (non-hydrogen) atoms. The molecule has 0 radical (unpaired) electrons. The number of nitrogens with one attached hydrogen (secondary N) is 1. The van der Waals surface area contributed by atoms with Crippen molar-refractivity contribution in [3.05, 3.63) is 58.6 Å². The van der Waals surface area contributed by atoms with Crippen LogP contribution in [0.4, 0.5) is 5.69 Å². The molecule has 110 valence electrons. The van der Waals surface area contributed by atoms with Gasteiger partial charge in [0.1, 0.15) is 5.75 Å². The summed E-state index contributed by atoms with van der Waals surface area (Å²) in [6.07, 6.45) is 0. The molecule has 0 bridgehead atoms. The lowest BCUT2D eigenvalue weighted by Gasteiger charge is -2.25. The van der Waals surface area contributed by atoms with Gasteiger partial charge in [0.25, 0.3) is 5.91 Å². The molecule has 0 aromatic heterocycles. The van der Waals surface area contributed by atoms with E-state index in [1.807, 2.05) is 0 Å². The fourth-order valence-corrected chi connectivity index (χ4v) is 1.99. The first-order valence-electron chi connectivity index (χ1n) is 6.39. The van der Waals surface area contributed by atoms with E-state index in [9.17, 15) is 4.79 Å². The summed E-state index contributed by atoms with van der Waals surface area (Å²) in [5.41, 5.74) is -0.496. The highest BCUT2D eigenvalue weighted by Crippen LogP contribution is 2.24. The van der Waals surface area contributed by atoms with Crippen LogP contribution in [0.5, 0.6) is 5.75 Å². The van der Waals surface area contributed by atoms with Crippen molar-refractivity contribution in [2.75, 3.05) is 5.32 Å². The molecule has 0 saturated heterocycles. The first-order chi connectivity index (χ1) is 9.88. The Morgan fingerprint density at radius 3 is 2.29 bits per heavy atom. The van der Waals surface area contributed by atoms with E-state index in [0.29, 0.717) is 21.5 Å². The molecule has 2 aromatic rings. The first kappa shape index (κ1) is 15.7. The van der Waals surface area contributed by atoms with Crippen LogP contribution in [-0.4, -0.2) is 11.5 Å². The quantitative estimate of drug-likeness (QED) is 0.878. The van der Waals surface area contributed by atoms with Crippen LogP contribution in [0.25, 0.3) is 0 Å². The second-order valence-electron chi connectivity index (χ2n) is 5.00. The highest BCUT2D eigenvalue weighted by molar-refractivity contribution is 6.33. The topological polar surface area (TPSA) is 38.3 Å². The van der Waals surface area contributed by atoms with Gasteiger partial charge in [0.2, 0.25) is 0 Å². The molecule has 1 N–H and O–H groups in total. The molecule has 0 spiro atoms. The van der Waals surface area contributed by atoms with E-state index < -0.39 is 5.60 Å². The summed E-state index contributed by atoms with van der Waals surface area (Å²) in [5.74, 6) is 0.282. The summed E-state index contributed by atoms with van der Waals surface area (Å²) in [7, 11) is 0. The van der Waals surface area contributed by atoms with Crippen LogP contribution >= 0.6 is 23.2 Å². The molecule has 0 aliphatic carbocycles. The van der Waals surface area contributed by atoms with Gasteiger partial charge in [-0.25, -0.2) is 0 Å². The van der Waals surface area contributed by atoms with Gasteiger partial charge >= 0.3 is 0 Å². The fraction of sp³-hybridized carbons (Fsp3) is 0.188.